The lowest BCUT2D eigenvalue weighted by molar-refractivity contribution is -0.119. The van der Waals surface area contributed by atoms with Crippen molar-refractivity contribution >= 4 is 28.3 Å². The average Bonchev–Trinajstić information content (AvgIpc) is 3.03. The van der Waals surface area contributed by atoms with E-state index in [9.17, 15) is 9.90 Å². The molecule has 5 rings (SSSR count). The van der Waals surface area contributed by atoms with E-state index in [1.54, 1.807) is 16.8 Å². The third-order valence-corrected chi connectivity index (χ3v) is 7.66. The number of nitrogens with one attached hydrogen (secondary N) is 1. The van der Waals surface area contributed by atoms with E-state index in [1.807, 2.05) is 30.3 Å². The van der Waals surface area contributed by atoms with E-state index in [0.717, 1.165) is 52.7 Å². The van der Waals surface area contributed by atoms with E-state index in [2.05, 4.69) is 24.3 Å². The maximum atomic E-state index is 13.0. The van der Waals surface area contributed by atoms with Gasteiger partial charge in [0.1, 0.15) is 11.6 Å². The van der Waals surface area contributed by atoms with Crippen LogP contribution in [0.5, 0.6) is 5.75 Å². The molecular formula is C27H34N4O2. The van der Waals surface area contributed by atoms with Crippen LogP contribution in [0.4, 0.5) is 11.5 Å². The van der Waals surface area contributed by atoms with Gasteiger partial charge in [-0.2, -0.15) is 5.10 Å². The van der Waals surface area contributed by atoms with Gasteiger partial charge in [0.15, 0.2) is 0 Å². The van der Waals surface area contributed by atoms with Crippen LogP contribution < -0.4 is 11.1 Å². The molecule has 2 aliphatic rings. The summed E-state index contributed by atoms with van der Waals surface area (Å²) in [4.78, 5) is 13.0. The molecule has 2 atom stereocenters. The number of hydrogen-bond donors (Lipinski definition) is 3. The third-order valence-electron chi connectivity index (χ3n) is 7.66. The smallest absolute Gasteiger partial charge is 0.224 e. The second kappa shape index (κ2) is 8.40. The van der Waals surface area contributed by atoms with Crippen molar-refractivity contribution in [3.05, 3.63) is 48.0 Å². The average molecular weight is 447 g/mol. The number of benzene rings is 2. The number of amides is 1. The number of phenols is 1. The molecule has 2 saturated carbocycles. The summed E-state index contributed by atoms with van der Waals surface area (Å²) in [7, 11) is 0. The Labute approximate surface area is 195 Å². The van der Waals surface area contributed by atoms with Crippen molar-refractivity contribution < 1.29 is 9.90 Å². The molecule has 0 aliphatic heterocycles. The highest BCUT2D eigenvalue weighted by atomic mass is 16.3. The Morgan fingerprint density at radius 2 is 1.91 bits per heavy atom. The first-order valence-electron chi connectivity index (χ1n) is 12.1. The highest BCUT2D eigenvalue weighted by molar-refractivity contribution is 5.96. The van der Waals surface area contributed by atoms with Crippen molar-refractivity contribution in [2.24, 2.45) is 23.2 Å². The van der Waals surface area contributed by atoms with Crippen molar-refractivity contribution in [2.75, 3.05) is 11.1 Å². The minimum Gasteiger partial charge on any atom is -0.508 e. The van der Waals surface area contributed by atoms with Crippen molar-refractivity contribution in [3.8, 4) is 5.75 Å². The molecule has 4 N–H and O–H groups in total. The van der Waals surface area contributed by atoms with E-state index in [-0.39, 0.29) is 17.1 Å². The molecule has 0 saturated heterocycles. The number of hydrogen-bond acceptors (Lipinski definition) is 4. The van der Waals surface area contributed by atoms with Gasteiger partial charge < -0.3 is 16.2 Å². The molecule has 2 fully saturated rings. The quantitative estimate of drug-likeness (QED) is 0.479. The highest BCUT2D eigenvalue weighted by Crippen LogP contribution is 2.51. The van der Waals surface area contributed by atoms with Crippen LogP contribution in [-0.4, -0.2) is 20.8 Å². The fourth-order valence-electron chi connectivity index (χ4n) is 6.60. The lowest BCUT2D eigenvalue weighted by atomic mass is 9.58. The van der Waals surface area contributed by atoms with Gasteiger partial charge in [-0.05, 0) is 79.5 Å². The number of aromatic nitrogens is 2. The number of aromatic hydroxyl groups is 1. The molecule has 6 nitrogen and oxygen atoms in total. The number of nitrogen functional groups attached to an aromatic ring is 1. The molecule has 1 heterocycles. The number of para-hydroxylation sites is 1. The van der Waals surface area contributed by atoms with Gasteiger partial charge in [0, 0.05) is 23.1 Å². The Kier molecular flexibility index (Phi) is 5.55. The Balaban J connectivity index is 1.28. The Morgan fingerprint density at radius 1 is 1.18 bits per heavy atom. The summed E-state index contributed by atoms with van der Waals surface area (Å²) in [6, 6.07) is 12.9. The largest absolute Gasteiger partial charge is 0.508 e. The number of phenolic OH excluding ortho intramolecular Hbond substituents is 1. The SMILES string of the molecule is CC1CC2CC(C1)CC(C)(CC(=O)Nc1ccc3c(N)n(Cc4ccccc4O)nc3c1)C2. The fraction of sp³-hybridized carbons (Fsp3) is 0.481. The van der Waals surface area contributed by atoms with Crippen LogP contribution >= 0.6 is 0 Å². The molecule has 1 aromatic heterocycles. The van der Waals surface area contributed by atoms with Crippen LogP contribution in [0.3, 0.4) is 0 Å². The van der Waals surface area contributed by atoms with E-state index < -0.39 is 0 Å². The molecule has 3 aromatic rings. The zero-order valence-corrected chi connectivity index (χ0v) is 19.6. The predicted molar refractivity (Wildman–Crippen MR) is 132 cm³/mol. The van der Waals surface area contributed by atoms with E-state index in [1.165, 1.54) is 19.3 Å². The molecule has 2 aliphatic carbocycles. The van der Waals surface area contributed by atoms with Gasteiger partial charge in [-0.3, -0.25) is 4.79 Å². The highest BCUT2D eigenvalue weighted by Gasteiger charge is 2.41. The van der Waals surface area contributed by atoms with Crippen molar-refractivity contribution in [1.82, 2.24) is 9.78 Å². The summed E-state index contributed by atoms with van der Waals surface area (Å²) in [6.07, 6.45) is 6.87. The summed E-state index contributed by atoms with van der Waals surface area (Å²) in [5.41, 5.74) is 8.63. The summed E-state index contributed by atoms with van der Waals surface area (Å²) in [5.74, 6) is 3.22. The minimum absolute atomic E-state index is 0.0754. The van der Waals surface area contributed by atoms with E-state index >= 15 is 0 Å². The number of rotatable bonds is 5. The van der Waals surface area contributed by atoms with Gasteiger partial charge >= 0.3 is 0 Å². The number of fused-ring (bicyclic) bond motifs is 3. The second-order valence-electron chi connectivity index (χ2n) is 10.9. The first-order valence-corrected chi connectivity index (χ1v) is 12.1. The molecule has 2 aromatic carbocycles. The summed E-state index contributed by atoms with van der Waals surface area (Å²) in [5, 5.41) is 18.6. The first-order chi connectivity index (χ1) is 15.8. The van der Waals surface area contributed by atoms with E-state index in [4.69, 9.17) is 5.73 Å². The van der Waals surface area contributed by atoms with Gasteiger partial charge in [0.2, 0.25) is 5.91 Å². The maximum Gasteiger partial charge on any atom is 0.224 e. The summed E-state index contributed by atoms with van der Waals surface area (Å²) < 4.78 is 1.69. The molecule has 6 heteroatoms. The summed E-state index contributed by atoms with van der Waals surface area (Å²) in [6.45, 7) is 5.06. The Bertz CT molecular complexity index is 1170. The van der Waals surface area contributed by atoms with Gasteiger partial charge in [-0.1, -0.05) is 32.0 Å². The predicted octanol–water partition coefficient (Wildman–Crippen LogP) is 5.55. The molecule has 1 amide bonds. The topological polar surface area (TPSA) is 93.2 Å². The first kappa shape index (κ1) is 21.8. The molecule has 0 spiro atoms. The van der Waals surface area contributed by atoms with Crippen LogP contribution in [-0.2, 0) is 11.3 Å². The van der Waals surface area contributed by atoms with Gasteiger partial charge in [-0.25, -0.2) is 4.68 Å². The fourth-order valence-corrected chi connectivity index (χ4v) is 6.60. The zero-order chi connectivity index (χ0) is 23.2. The van der Waals surface area contributed by atoms with Crippen molar-refractivity contribution in [1.29, 1.82) is 0 Å². The molecule has 2 bridgehead atoms. The zero-order valence-electron chi connectivity index (χ0n) is 19.6. The van der Waals surface area contributed by atoms with Crippen LogP contribution in [0.25, 0.3) is 10.9 Å². The Morgan fingerprint density at radius 3 is 2.64 bits per heavy atom. The van der Waals surface area contributed by atoms with Crippen molar-refractivity contribution in [2.45, 2.75) is 58.9 Å². The molecule has 174 valence electrons. The van der Waals surface area contributed by atoms with E-state index in [0.29, 0.717) is 18.8 Å². The summed E-state index contributed by atoms with van der Waals surface area (Å²) >= 11 is 0. The van der Waals surface area contributed by atoms with Gasteiger partial charge in [0.25, 0.3) is 0 Å². The molecular weight excluding hydrogens is 412 g/mol. The maximum absolute atomic E-state index is 13.0. The normalized spacial score (nSPS) is 26.9. The molecule has 33 heavy (non-hydrogen) atoms. The van der Waals surface area contributed by atoms with Crippen LogP contribution in [0.2, 0.25) is 0 Å². The number of carbonyl (C=O) groups excluding carboxylic acids is 1. The van der Waals surface area contributed by atoms with Crippen LogP contribution in [0.15, 0.2) is 42.5 Å². The standard InChI is InChI=1S/C27H34N4O2/c1-17-9-18-11-19(10-17)14-27(2,13-18)15-25(33)29-21-7-8-22-23(12-21)30-31(26(22)28)16-20-5-3-4-6-24(20)32/h3-8,12,17-19,32H,9-11,13-16,28H2,1-2H3,(H,29,33). The molecule has 2 unspecified atom stereocenters. The second-order valence-corrected chi connectivity index (χ2v) is 10.9. The minimum atomic E-state index is 0.0754. The monoisotopic (exact) mass is 446 g/mol. The number of anilines is 2. The van der Waals surface area contributed by atoms with Gasteiger partial charge in [0.05, 0.1) is 12.1 Å². The van der Waals surface area contributed by atoms with Crippen molar-refractivity contribution in [3.63, 3.8) is 0 Å². The number of nitrogens with zero attached hydrogens (tertiary/aromatic N) is 2. The van der Waals surface area contributed by atoms with Crippen LogP contribution in [0, 0.1) is 23.2 Å². The number of carbonyl (C=O) groups is 1. The molecule has 0 radical (unpaired) electrons. The van der Waals surface area contributed by atoms with Gasteiger partial charge in [-0.15, -0.1) is 0 Å². The Hall–Kier alpha value is -3.02. The van der Waals surface area contributed by atoms with Crippen LogP contribution in [0.1, 0.15) is 57.9 Å². The lowest BCUT2D eigenvalue weighted by Gasteiger charge is -2.47. The number of nitrogens with two attached hydrogens (primary N) is 1. The third kappa shape index (κ3) is 4.56. The lowest BCUT2D eigenvalue weighted by Crippen LogP contribution is -2.38.